The molecule has 1 heterocycles. The average molecular weight is 295 g/mol. The molecule has 3 rings (SSSR count). The number of likely N-dealkylation sites (N-methyl/N-ethyl adjacent to an activating group) is 1. The molecule has 2 fully saturated rings. The third-order valence-electron chi connectivity index (χ3n) is 4.28. The van der Waals surface area contributed by atoms with E-state index in [-0.39, 0.29) is 5.69 Å². The van der Waals surface area contributed by atoms with Crippen LogP contribution in [-0.2, 0) is 6.54 Å². The van der Waals surface area contributed by atoms with Gasteiger partial charge < -0.3 is 15.1 Å². The summed E-state index contributed by atoms with van der Waals surface area (Å²) in [5, 5.41) is 3.29. The van der Waals surface area contributed by atoms with Gasteiger partial charge in [0.25, 0.3) is 0 Å². The molecular weight excluding hydrogens is 272 g/mol. The van der Waals surface area contributed by atoms with Crippen LogP contribution in [-0.4, -0.2) is 44.2 Å². The lowest BCUT2D eigenvalue weighted by atomic mass is 10.1. The van der Waals surface area contributed by atoms with Crippen molar-refractivity contribution >= 4 is 5.69 Å². The largest absolute Gasteiger partial charge is 0.365 e. The van der Waals surface area contributed by atoms with Crippen molar-refractivity contribution < 1.29 is 8.78 Å². The van der Waals surface area contributed by atoms with E-state index in [9.17, 15) is 8.78 Å². The molecule has 0 amide bonds. The molecule has 0 spiro atoms. The predicted molar refractivity (Wildman–Crippen MR) is 80.5 cm³/mol. The zero-order valence-electron chi connectivity index (χ0n) is 12.5. The Kier molecular flexibility index (Phi) is 4.40. The van der Waals surface area contributed by atoms with Gasteiger partial charge in [-0.05, 0) is 50.6 Å². The molecule has 0 unspecified atom stereocenters. The number of hydrogen-bond donors (Lipinski definition) is 1. The number of anilines is 1. The number of halogens is 2. The van der Waals surface area contributed by atoms with E-state index in [0.29, 0.717) is 31.2 Å². The van der Waals surface area contributed by atoms with Crippen molar-refractivity contribution in [3.63, 3.8) is 0 Å². The number of nitrogens with one attached hydrogen (secondary N) is 1. The lowest BCUT2D eigenvalue weighted by Gasteiger charge is -2.24. The van der Waals surface area contributed by atoms with E-state index in [1.165, 1.54) is 25.0 Å². The van der Waals surface area contributed by atoms with Crippen molar-refractivity contribution in [3.8, 4) is 0 Å². The zero-order chi connectivity index (χ0) is 14.8. The summed E-state index contributed by atoms with van der Waals surface area (Å²) in [6.07, 6.45) is 3.27. The SMILES string of the molecule is CN1CCCN(c2c(F)cc(CNC3CC3)cc2F)CC1. The Morgan fingerprint density at radius 3 is 2.48 bits per heavy atom. The van der Waals surface area contributed by atoms with E-state index in [1.54, 1.807) is 0 Å². The third-order valence-corrected chi connectivity index (χ3v) is 4.28. The van der Waals surface area contributed by atoms with Gasteiger partial charge in [-0.2, -0.15) is 0 Å². The van der Waals surface area contributed by atoms with Crippen molar-refractivity contribution in [2.45, 2.75) is 31.8 Å². The summed E-state index contributed by atoms with van der Waals surface area (Å²) >= 11 is 0. The Bertz CT molecular complexity index is 479. The minimum Gasteiger partial charge on any atom is -0.365 e. The Labute approximate surface area is 124 Å². The van der Waals surface area contributed by atoms with E-state index in [1.807, 2.05) is 11.9 Å². The maximum absolute atomic E-state index is 14.3. The standard InChI is InChI=1S/C16H23F2N3/c1-20-5-2-6-21(8-7-20)16-14(17)9-12(10-15(16)18)11-19-13-3-4-13/h9-10,13,19H,2-8,11H2,1H3. The molecule has 5 heteroatoms. The molecule has 1 aromatic carbocycles. The molecule has 1 saturated carbocycles. The average Bonchev–Trinajstić information content (AvgIpc) is 3.25. The highest BCUT2D eigenvalue weighted by Gasteiger charge is 2.22. The van der Waals surface area contributed by atoms with Gasteiger partial charge in [0.2, 0.25) is 0 Å². The topological polar surface area (TPSA) is 18.5 Å². The van der Waals surface area contributed by atoms with Crippen LogP contribution in [0.15, 0.2) is 12.1 Å². The normalized spacial score (nSPS) is 20.6. The highest BCUT2D eigenvalue weighted by Crippen LogP contribution is 2.27. The summed E-state index contributed by atoms with van der Waals surface area (Å²) in [5.74, 6) is -0.876. The summed E-state index contributed by atoms with van der Waals surface area (Å²) in [6, 6.07) is 3.49. The van der Waals surface area contributed by atoms with Gasteiger partial charge in [-0.15, -0.1) is 0 Å². The summed E-state index contributed by atoms with van der Waals surface area (Å²) in [4.78, 5) is 4.04. The van der Waals surface area contributed by atoms with Crippen LogP contribution in [0.5, 0.6) is 0 Å². The van der Waals surface area contributed by atoms with E-state index in [2.05, 4.69) is 10.2 Å². The van der Waals surface area contributed by atoms with Crippen molar-refractivity contribution in [2.24, 2.45) is 0 Å². The predicted octanol–water partition coefficient (Wildman–Crippen LogP) is 2.36. The van der Waals surface area contributed by atoms with Gasteiger partial charge in [0, 0.05) is 32.2 Å². The van der Waals surface area contributed by atoms with Gasteiger partial charge in [-0.25, -0.2) is 8.78 Å². The lowest BCUT2D eigenvalue weighted by Crippen LogP contribution is -2.30. The molecule has 1 aromatic rings. The number of rotatable bonds is 4. The molecule has 1 aliphatic heterocycles. The summed E-state index contributed by atoms with van der Waals surface area (Å²) in [5.41, 5.74) is 0.827. The van der Waals surface area contributed by atoms with Gasteiger partial charge in [0.1, 0.15) is 17.3 Å². The van der Waals surface area contributed by atoms with E-state index >= 15 is 0 Å². The van der Waals surface area contributed by atoms with E-state index in [0.717, 1.165) is 19.5 Å². The Balaban J connectivity index is 1.74. The van der Waals surface area contributed by atoms with Crippen LogP contribution in [0.3, 0.4) is 0 Å². The molecule has 1 aliphatic carbocycles. The maximum Gasteiger partial charge on any atom is 0.149 e. The van der Waals surface area contributed by atoms with Gasteiger partial charge in [0.05, 0.1) is 0 Å². The van der Waals surface area contributed by atoms with Crippen LogP contribution in [0.25, 0.3) is 0 Å². The molecule has 116 valence electrons. The molecule has 1 N–H and O–H groups in total. The Hall–Kier alpha value is -1.20. The second kappa shape index (κ2) is 6.28. The van der Waals surface area contributed by atoms with Crippen molar-refractivity contribution in [1.29, 1.82) is 0 Å². The first-order valence-corrected chi connectivity index (χ1v) is 7.78. The molecule has 0 aromatic heterocycles. The van der Waals surface area contributed by atoms with Crippen molar-refractivity contribution in [1.82, 2.24) is 10.2 Å². The van der Waals surface area contributed by atoms with Gasteiger partial charge >= 0.3 is 0 Å². The second-order valence-electron chi connectivity index (χ2n) is 6.21. The molecule has 0 atom stereocenters. The molecule has 21 heavy (non-hydrogen) atoms. The van der Waals surface area contributed by atoms with Gasteiger partial charge in [0.15, 0.2) is 0 Å². The van der Waals surface area contributed by atoms with Crippen LogP contribution >= 0.6 is 0 Å². The number of nitrogens with zero attached hydrogens (tertiary/aromatic N) is 2. The van der Waals surface area contributed by atoms with Crippen LogP contribution in [0, 0.1) is 11.6 Å². The monoisotopic (exact) mass is 295 g/mol. The molecule has 3 nitrogen and oxygen atoms in total. The van der Waals surface area contributed by atoms with Crippen LogP contribution < -0.4 is 10.2 Å². The Morgan fingerprint density at radius 1 is 1.10 bits per heavy atom. The minimum atomic E-state index is -0.438. The van der Waals surface area contributed by atoms with Crippen LogP contribution in [0.2, 0.25) is 0 Å². The molecule has 2 aliphatic rings. The summed E-state index contributed by atoms with van der Waals surface area (Å²) in [7, 11) is 2.04. The smallest absolute Gasteiger partial charge is 0.149 e. The van der Waals surface area contributed by atoms with Crippen LogP contribution in [0.1, 0.15) is 24.8 Å². The molecule has 1 saturated heterocycles. The Morgan fingerprint density at radius 2 is 1.81 bits per heavy atom. The third kappa shape index (κ3) is 3.71. The highest BCUT2D eigenvalue weighted by atomic mass is 19.1. The number of benzene rings is 1. The highest BCUT2D eigenvalue weighted by molar-refractivity contribution is 5.51. The van der Waals surface area contributed by atoms with Crippen molar-refractivity contribution in [3.05, 3.63) is 29.3 Å². The fourth-order valence-electron chi connectivity index (χ4n) is 2.84. The van der Waals surface area contributed by atoms with Crippen molar-refractivity contribution in [2.75, 3.05) is 38.1 Å². The summed E-state index contributed by atoms with van der Waals surface area (Å²) in [6.45, 7) is 3.73. The fourth-order valence-corrected chi connectivity index (χ4v) is 2.84. The first-order chi connectivity index (χ1) is 10.1. The van der Waals surface area contributed by atoms with Crippen LogP contribution in [0.4, 0.5) is 14.5 Å². The zero-order valence-corrected chi connectivity index (χ0v) is 12.5. The first kappa shape index (κ1) is 14.7. The summed E-state index contributed by atoms with van der Waals surface area (Å²) < 4.78 is 28.7. The number of hydrogen-bond acceptors (Lipinski definition) is 3. The van der Waals surface area contributed by atoms with Gasteiger partial charge in [-0.1, -0.05) is 0 Å². The van der Waals surface area contributed by atoms with E-state index < -0.39 is 11.6 Å². The van der Waals surface area contributed by atoms with E-state index in [4.69, 9.17) is 0 Å². The second-order valence-corrected chi connectivity index (χ2v) is 6.21. The lowest BCUT2D eigenvalue weighted by molar-refractivity contribution is 0.360. The van der Waals surface area contributed by atoms with Gasteiger partial charge in [-0.3, -0.25) is 0 Å². The maximum atomic E-state index is 14.3. The molecule has 0 radical (unpaired) electrons. The molecule has 0 bridgehead atoms. The quantitative estimate of drug-likeness (QED) is 0.920. The minimum absolute atomic E-state index is 0.139. The first-order valence-electron chi connectivity index (χ1n) is 7.78. The fraction of sp³-hybridized carbons (Fsp3) is 0.625. The molecular formula is C16H23F2N3.